The van der Waals surface area contributed by atoms with Gasteiger partial charge in [0.1, 0.15) is 0 Å². The molecule has 0 fully saturated rings. The lowest BCUT2D eigenvalue weighted by Crippen LogP contribution is -2.36. The van der Waals surface area contributed by atoms with E-state index in [2.05, 4.69) is 52.2 Å². The van der Waals surface area contributed by atoms with Crippen molar-refractivity contribution in [1.29, 1.82) is 0 Å². The maximum atomic E-state index is 4.82. The van der Waals surface area contributed by atoms with Gasteiger partial charge in [-0.2, -0.15) is 0 Å². The zero-order valence-electron chi connectivity index (χ0n) is 12.9. The van der Waals surface area contributed by atoms with Crippen LogP contribution in [0, 0.1) is 11.3 Å². The summed E-state index contributed by atoms with van der Waals surface area (Å²) >= 11 is 1.81. The monoisotopic (exact) mass is 268 g/mol. The highest BCUT2D eigenvalue weighted by molar-refractivity contribution is 7.09. The fourth-order valence-electron chi connectivity index (χ4n) is 1.96. The highest BCUT2D eigenvalue weighted by atomic mass is 32.1. The van der Waals surface area contributed by atoms with Crippen LogP contribution in [0.2, 0.25) is 0 Å². The lowest BCUT2D eigenvalue weighted by molar-refractivity contribution is 0.212. The molecule has 1 heterocycles. The standard InChI is InChI=1S/C15H28N2S/c1-11(2)15(6,10-16-7)8-13-17-12(9-18-13)14(3,4)5/h9,11,16H,8,10H2,1-7H3. The molecule has 1 aromatic rings. The van der Waals surface area contributed by atoms with E-state index in [4.69, 9.17) is 4.98 Å². The van der Waals surface area contributed by atoms with Crippen molar-refractivity contribution in [3.05, 3.63) is 16.1 Å². The molecule has 0 aliphatic carbocycles. The zero-order valence-corrected chi connectivity index (χ0v) is 13.7. The Kier molecular flexibility index (Phi) is 4.96. The van der Waals surface area contributed by atoms with E-state index in [1.165, 1.54) is 10.7 Å². The van der Waals surface area contributed by atoms with Crippen molar-refractivity contribution >= 4 is 11.3 Å². The molecule has 104 valence electrons. The van der Waals surface area contributed by atoms with Crippen molar-refractivity contribution in [3.8, 4) is 0 Å². The van der Waals surface area contributed by atoms with Gasteiger partial charge in [-0.05, 0) is 18.4 Å². The van der Waals surface area contributed by atoms with E-state index in [9.17, 15) is 0 Å². The summed E-state index contributed by atoms with van der Waals surface area (Å²) in [5, 5.41) is 6.81. The van der Waals surface area contributed by atoms with Crippen LogP contribution in [0.25, 0.3) is 0 Å². The fraction of sp³-hybridized carbons (Fsp3) is 0.800. The van der Waals surface area contributed by atoms with E-state index < -0.39 is 0 Å². The highest BCUT2D eigenvalue weighted by Gasteiger charge is 2.29. The minimum absolute atomic E-state index is 0.159. The Balaban J connectivity index is 2.86. The number of thiazole rings is 1. The predicted octanol–water partition coefficient (Wildman–Crippen LogP) is 3.86. The molecule has 0 bridgehead atoms. The van der Waals surface area contributed by atoms with Crippen LogP contribution in [-0.2, 0) is 11.8 Å². The maximum Gasteiger partial charge on any atom is 0.0934 e. The molecule has 0 spiro atoms. The summed E-state index contributed by atoms with van der Waals surface area (Å²) in [5.74, 6) is 0.645. The third kappa shape index (κ3) is 3.79. The van der Waals surface area contributed by atoms with Crippen molar-refractivity contribution in [2.45, 2.75) is 53.4 Å². The Morgan fingerprint density at radius 1 is 1.28 bits per heavy atom. The van der Waals surface area contributed by atoms with Crippen LogP contribution in [0.5, 0.6) is 0 Å². The van der Waals surface area contributed by atoms with E-state index in [0.29, 0.717) is 5.92 Å². The molecule has 0 aliphatic rings. The van der Waals surface area contributed by atoms with Crippen LogP contribution in [0.15, 0.2) is 5.38 Å². The number of aromatic nitrogens is 1. The van der Waals surface area contributed by atoms with Gasteiger partial charge >= 0.3 is 0 Å². The quantitative estimate of drug-likeness (QED) is 0.877. The summed E-state index contributed by atoms with van der Waals surface area (Å²) in [6.45, 7) is 14.7. The maximum absolute atomic E-state index is 4.82. The van der Waals surface area contributed by atoms with Gasteiger partial charge < -0.3 is 5.32 Å². The van der Waals surface area contributed by atoms with Gasteiger partial charge in [0.2, 0.25) is 0 Å². The molecule has 1 rings (SSSR count). The topological polar surface area (TPSA) is 24.9 Å². The first-order chi connectivity index (χ1) is 8.19. The van der Waals surface area contributed by atoms with Crippen LogP contribution in [-0.4, -0.2) is 18.6 Å². The summed E-state index contributed by atoms with van der Waals surface area (Å²) in [6, 6.07) is 0. The van der Waals surface area contributed by atoms with Crippen molar-refractivity contribution < 1.29 is 0 Å². The van der Waals surface area contributed by atoms with Gasteiger partial charge in [-0.25, -0.2) is 4.98 Å². The predicted molar refractivity (Wildman–Crippen MR) is 81.4 cm³/mol. The van der Waals surface area contributed by atoms with Gasteiger partial charge in [-0.1, -0.05) is 41.5 Å². The zero-order chi connectivity index (χ0) is 14.0. The molecule has 0 radical (unpaired) electrons. The number of rotatable bonds is 5. The Bertz CT molecular complexity index is 376. The third-order valence-corrected chi connectivity index (χ3v) is 4.70. The van der Waals surface area contributed by atoms with Crippen LogP contribution in [0.1, 0.15) is 52.2 Å². The first-order valence-electron chi connectivity index (χ1n) is 6.78. The molecule has 0 saturated heterocycles. The van der Waals surface area contributed by atoms with Gasteiger partial charge in [-0.15, -0.1) is 11.3 Å². The van der Waals surface area contributed by atoms with E-state index in [1.54, 1.807) is 0 Å². The van der Waals surface area contributed by atoms with Crippen molar-refractivity contribution in [2.24, 2.45) is 11.3 Å². The summed E-state index contributed by atoms with van der Waals surface area (Å²) in [4.78, 5) is 4.82. The second-order valence-corrected chi connectivity index (χ2v) is 7.83. The lowest BCUT2D eigenvalue weighted by atomic mass is 9.76. The van der Waals surface area contributed by atoms with Crippen LogP contribution < -0.4 is 5.32 Å². The molecule has 18 heavy (non-hydrogen) atoms. The Labute approximate surface area is 116 Å². The molecule has 2 nitrogen and oxygen atoms in total. The molecule has 0 amide bonds. The number of nitrogens with zero attached hydrogens (tertiary/aromatic N) is 1. The van der Waals surface area contributed by atoms with E-state index >= 15 is 0 Å². The molecule has 1 N–H and O–H groups in total. The van der Waals surface area contributed by atoms with Gasteiger partial charge in [0.15, 0.2) is 0 Å². The number of nitrogens with one attached hydrogen (secondary N) is 1. The average Bonchev–Trinajstić information content (AvgIpc) is 2.65. The molecule has 0 aliphatic heterocycles. The molecular weight excluding hydrogens is 240 g/mol. The second kappa shape index (κ2) is 5.70. The smallest absolute Gasteiger partial charge is 0.0934 e. The minimum Gasteiger partial charge on any atom is -0.319 e. The van der Waals surface area contributed by atoms with E-state index in [-0.39, 0.29) is 10.8 Å². The summed E-state index contributed by atoms with van der Waals surface area (Å²) in [7, 11) is 2.03. The first-order valence-corrected chi connectivity index (χ1v) is 7.66. The SMILES string of the molecule is CNCC(C)(Cc1nc(C(C)(C)C)cs1)C(C)C. The summed E-state index contributed by atoms with van der Waals surface area (Å²) in [5.41, 5.74) is 1.66. The van der Waals surface area contributed by atoms with Crippen LogP contribution in [0.3, 0.4) is 0 Å². The summed E-state index contributed by atoms with van der Waals surface area (Å²) in [6.07, 6.45) is 1.06. The van der Waals surface area contributed by atoms with E-state index in [0.717, 1.165) is 13.0 Å². The first kappa shape index (κ1) is 15.6. The summed E-state index contributed by atoms with van der Waals surface area (Å²) < 4.78 is 0. The van der Waals surface area contributed by atoms with Crippen molar-refractivity contribution in [1.82, 2.24) is 10.3 Å². The largest absolute Gasteiger partial charge is 0.319 e. The molecule has 1 aromatic heterocycles. The van der Waals surface area contributed by atoms with E-state index in [1.807, 2.05) is 18.4 Å². The number of hydrogen-bond donors (Lipinski definition) is 1. The normalized spacial score (nSPS) is 16.0. The van der Waals surface area contributed by atoms with Gasteiger partial charge in [0, 0.05) is 23.8 Å². The molecule has 1 unspecified atom stereocenters. The lowest BCUT2D eigenvalue weighted by Gasteiger charge is -2.33. The average molecular weight is 268 g/mol. The Morgan fingerprint density at radius 3 is 2.28 bits per heavy atom. The van der Waals surface area contributed by atoms with Gasteiger partial charge in [0.05, 0.1) is 10.7 Å². The Hall–Kier alpha value is -0.410. The van der Waals surface area contributed by atoms with Crippen molar-refractivity contribution in [3.63, 3.8) is 0 Å². The van der Waals surface area contributed by atoms with Gasteiger partial charge in [-0.3, -0.25) is 0 Å². The van der Waals surface area contributed by atoms with Gasteiger partial charge in [0.25, 0.3) is 0 Å². The van der Waals surface area contributed by atoms with Crippen LogP contribution >= 0.6 is 11.3 Å². The Morgan fingerprint density at radius 2 is 1.89 bits per heavy atom. The van der Waals surface area contributed by atoms with Crippen molar-refractivity contribution in [2.75, 3.05) is 13.6 Å². The fourth-order valence-corrected chi connectivity index (χ4v) is 3.17. The number of hydrogen-bond acceptors (Lipinski definition) is 3. The third-order valence-electron chi connectivity index (χ3n) is 3.85. The minimum atomic E-state index is 0.159. The highest BCUT2D eigenvalue weighted by Crippen LogP contribution is 2.33. The molecule has 0 aromatic carbocycles. The molecule has 0 saturated carbocycles. The molecule has 3 heteroatoms. The molecular formula is C15H28N2S. The second-order valence-electron chi connectivity index (χ2n) is 6.89. The molecule has 1 atom stereocenters. The van der Waals surface area contributed by atoms with Crippen LogP contribution in [0.4, 0.5) is 0 Å².